The molecule has 0 saturated carbocycles. The molecular formula is C24H27N3O6S. The quantitative estimate of drug-likeness (QED) is 0.532. The summed E-state index contributed by atoms with van der Waals surface area (Å²) in [5, 5.41) is 0.434. The standard InChI is InChI=1S/C24H27N3O6S/c1-16(22-25-19-10-6-5-9-18(19)23(28)26-22)33-24(29)17-11-12-20(32-2)21(15-17)34(30,31)27-13-7-3-4-8-14-27/h5-6,9-12,15-16H,3-4,7-8,13-14H2,1-2H3,(H,25,26,28)/t16-/m1/s1. The molecule has 4 rings (SSSR count). The molecule has 10 heteroatoms. The minimum Gasteiger partial charge on any atom is -0.495 e. The van der Waals surface area contributed by atoms with Gasteiger partial charge in [-0.15, -0.1) is 0 Å². The lowest BCUT2D eigenvalue weighted by atomic mass is 10.2. The number of nitrogens with zero attached hydrogens (tertiary/aromatic N) is 2. The average Bonchev–Trinajstić information content (AvgIpc) is 3.14. The van der Waals surface area contributed by atoms with Crippen molar-refractivity contribution < 1.29 is 22.7 Å². The molecule has 0 bridgehead atoms. The minimum absolute atomic E-state index is 0.0594. The molecule has 1 N–H and O–H groups in total. The molecule has 1 fully saturated rings. The Morgan fingerprint density at radius 3 is 2.50 bits per heavy atom. The van der Waals surface area contributed by atoms with E-state index in [1.165, 1.54) is 29.6 Å². The van der Waals surface area contributed by atoms with E-state index < -0.39 is 22.1 Å². The van der Waals surface area contributed by atoms with Crippen molar-refractivity contribution in [3.63, 3.8) is 0 Å². The number of methoxy groups -OCH3 is 1. The second kappa shape index (κ2) is 9.94. The molecule has 1 aliphatic heterocycles. The van der Waals surface area contributed by atoms with E-state index in [1.54, 1.807) is 31.2 Å². The fourth-order valence-corrected chi connectivity index (χ4v) is 5.71. The number of carbonyl (C=O) groups excluding carboxylic acids is 1. The number of esters is 1. The van der Waals surface area contributed by atoms with E-state index >= 15 is 0 Å². The van der Waals surface area contributed by atoms with Gasteiger partial charge in [-0.05, 0) is 50.1 Å². The topological polar surface area (TPSA) is 119 Å². The van der Waals surface area contributed by atoms with Gasteiger partial charge in [-0.3, -0.25) is 4.79 Å². The summed E-state index contributed by atoms with van der Waals surface area (Å²) >= 11 is 0. The highest BCUT2D eigenvalue weighted by Gasteiger charge is 2.29. The van der Waals surface area contributed by atoms with Crippen molar-refractivity contribution in [3.05, 3.63) is 64.2 Å². The minimum atomic E-state index is -3.85. The summed E-state index contributed by atoms with van der Waals surface area (Å²) in [6.45, 7) is 2.44. The Bertz CT molecular complexity index is 1360. The van der Waals surface area contributed by atoms with Gasteiger partial charge in [-0.1, -0.05) is 25.0 Å². The van der Waals surface area contributed by atoms with Crippen LogP contribution in [0.5, 0.6) is 5.75 Å². The summed E-state index contributed by atoms with van der Waals surface area (Å²) in [5.41, 5.74) is 0.211. The lowest BCUT2D eigenvalue weighted by Gasteiger charge is -2.21. The molecule has 1 saturated heterocycles. The Morgan fingerprint density at radius 1 is 1.09 bits per heavy atom. The maximum Gasteiger partial charge on any atom is 0.338 e. The number of H-pyrrole nitrogens is 1. The van der Waals surface area contributed by atoms with E-state index in [2.05, 4.69) is 9.97 Å². The third-order valence-electron chi connectivity index (χ3n) is 5.88. The van der Waals surface area contributed by atoms with E-state index in [9.17, 15) is 18.0 Å². The van der Waals surface area contributed by atoms with Crippen LogP contribution in [0.25, 0.3) is 10.9 Å². The Kier molecular flexibility index (Phi) is 6.99. The first kappa shape index (κ1) is 23.9. The van der Waals surface area contributed by atoms with Gasteiger partial charge in [0.25, 0.3) is 5.56 Å². The van der Waals surface area contributed by atoms with Crippen LogP contribution < -0.4 is 10.3 Å². The summed E-state index contributed by atoms with van der Waals surface area (Å²) in [6.07, 6.45) is 2.68. The van der Waals surface area contributed by atoms with Crippen molar-refractivity contribution in [2.45, 2.75) is 43.6 Å². The van der Waals surface area contributed by atoms with Crippen LogP contribution in [-0.4, -0.2) is 48.9 Å². The molecule has 0 aliphatic carbocycles. The predicted molar refractivity (Wildman–Crippen MR) is 126 cm³/mol. The van der Waals surface area contributed by atoms with E-state index in [0.717, 1.165) is 25.7 Å². The van der Waals surface area contributed by atoms with Crippen molar-refractivity contribution >= 4 is 26.9 Å². The number of sulfonamides is 1. The van der Waals surface area contributed by atoms with Crippen molar-refractivity contribution in [1.82, 2.24) is 14.3 Å². The molecule has 0 amide bonds. The van der Waals surface area contributed by atoms with E-state index in [-0.39, 0.29) is 27.6 Å². The lowest BCUT2D eigenvalue weighted by Crippen LogP contribution is -2.32. The van der Waals surface area contributed by atoms with Gasteiger partial charge in [-0.2, -0.15) is 4.31 Å². The molecule has 0 spiro atoms. The first-order chi connectivity index (χ1) is 16.3. The fraction of sp³-hybridized carbons (Fsp3) is 0.375. The number of hydrogen-bond acceptors (Lipinski definition) is 7. The van der Waals surface area contributed by atoms with Gasteiger partial charge in [0.1, 0.15) is 10.6 Å². The number of aromatic nitrogens is 2. The number of nitrogens with one attached hydrogen (secondary N) is 1. The maximum atomic E-state index is 13.3. The van der Waals surface area contributed by atoms with Crippen LogP contribution >= 0.6 is 0 Å². The molecule has 1 aliphatic rings. The van der Waals surface area contributed by atoms with Crippen LogP contribution in [0.1, 0.15) is 54.9 Å². The molecule has 2 aromatic carbocycles. The van der Waals surface area contributed by atoms with Gasteiger partial charge in [-0.25, -0.2) is 18.2 Å². The summed E-state index contributed by atoms with van der Waals surface area (Å²) in [6, 6.07) is 11.0. The third kappa shape index (κ3) is 4.83. The number of benzene rings is 2. The van der Waals surface area contributed by atoms with Gasteiger partial charge < -0.3 is 14.5 Å². The second-order valence-corrected chi connectivity index (χ2v) is 10.1. The predicted octanol–water partition coefficient (Wildman–Crippen LogP) is 3.41. The zero-order chi connectivity index (χ0) is 24.3. The first-order valence-corrected chi connectivity index (χ1v) is 12.6. The Balaban J connectivity index is 1.61. The number of aromatic amines is 1. The summed E-state index contributed by atoms with van der Waals surface area (Å²) in [5.74, 6) is -0.379. The molecule has 9 nitrogen and oxygen atoms in total. The van der Waals surface area contributed by atoms with Crippen LogP contribution in [0, 0.1) is 0 Å². The SMILES string of the molecule is COc1ccc(C(=O)O[C@H](C)c2nc3ccccc3c(=O)[nH]2)cc1S(=O)(=O)N1CCCCCC1. The van der Waals surface area contributed by atoms with E-state index in [1.807, 2.05) is 0 Å². The number of carbonyl (C=O) groups is 1. The van der Waals surface area contributed by atoms with Crippen LogP contribution in [0.4, 0.5) is 0 Å². The highest BCUT2D eigenvalue weighted by atomic mass is 32.2. The van der Waals surface area contributed by atoms with Crippen molar-refractivity contribution in [3.8, 4) is 5.75 Å². The molecule has 1 aromatic heterocycles. The third-order valence-corrected chi connectivity index (χ3v) is 7.80. The van der Waals surface area contributed by atoms with E-state index in [0.29, 0.717) is 24.0 Å². The monoisotopic (exact) mass is 485 g/mol. The number of fused-ring (bicyclic) bond motifs is 1. The summed E-state index contributed by atoms with van der Waals surface area (Å²) in [4.78, 5) is 32.2. The molecule has 3 aromatic rings. The van der Waals surface area contributed by atoms with Gasteiger partial charge in [0, 0.05) is 13.1 Å². The van der Waals surface area contributed by atoms with Crippen LogP contribution in [0.15, 0.2) is 52.2 Å². The van der Waals surface area contributed by atoms with Gasteiger partial charge in [0.15, 0.2) is 11.9 Å². The molecule has 1 atom stereocenters. The molecule has 2 heterocycles. The highest BCUT2D eigenvalue weighted by Crippen LogP contribution is 2.30. The molecule has 0 radical (unpaired) electrons. The summed E-state index contributed by atoms with van der Waals surface area (Å²) in [7, 11) is -2.47. The average molecular weight is 486 g/mol. The van der Waals surface area contributed by atoms with Crippen LogP contribution in [0.3, 0.4) is 0 Å². The van der Waals surface area contributed by atoms with Gasteiger partial charge in [0.05, 0.1) is 23.6 Å². The Labute approximate surface area is 197 Å². The van der Waals surface area contributed by atoms with E-state index in [4.69, 9.17) is 9.47 Å². The zero-order valence-corrected chi connectivity index (χ0v) is 19.9. The number of para-hydroxylation sites is 1. The highest BCUT2D eigenvalue weighted by molar-refractivity contribution is 7.89. The lowest BCUT2D eigenvalue weighted by molar-refractivity contribution is 0.0319. The number of ether oxygens (including phenoxy) is 2. The van der Waals surface area contributed by atoms with Crippen LogP contribution in [-0.2, 0) is 14.8 Å². The second-order valence-electron chi connectivity index (χ2n) is 8.20. The number of hydrogen-bond donors (Lipinski definition) is 1. The number of rotatable bonds is 6. The van der Waals surface area contributed by atoms with Crippen LogP contribution in [0.2, 0.25) is 0 Å². The van der Waals surface area contributed by atoms with Crippen molar-refractivity contribution in [2.24, 2.45) is 0 Å². The van der Waals surface area contributed by atoms with Crippen molar-refractivity contribution in [1.29, 1.82) is 0 Å². The maximum absolute atomic E-state index is 13.3. The van der Waals surface area contributed by atoms with Gasteiger partial charge >= 0.3 is 5.97 Å². The Hall–Kier alpha value is -3.24. The molecular weight excluding hydrogens is 458 g/mol. The van der Waals surface area contributed by atoms with Gasteiger partial charge in [0.2, 0.25) is 10.0 Å². The fourth-order valence-electron chi connectivity index (χ4n) is 4.01. The largest absolute Gasteiger partial charge is 0.495 e. The Morgan fingerprint density at radius 2 is 1.79 bits per heavy atom. The zero-order valence-electron chi connectivity index (χ0n) is 19.1. The summed E-state index contributed by atoms with van der Waals surface area (Å²) < 4.78 is 38.9. The normalized spacial score (nSPS) is 16.1. The molecule has 0 unspecified atom stereocenters. The van der Waals surface area contributed by atoms with Crippen molar-refractivity contribution in [2.75, 3.05) is 20.2 Å². The molecule has 180 valence electrons. The smallest absolute Gasteiger partial charge is 0.338 e. The first-order valence-electron chi connectivity index (χ1n) is 11.2. The molecule has 34 heavy (non-hydrogen) atoms.